The van der Waals surface area contributed by atoms with Gasteiger partial charge < -0.3 is 5.73 Å². The van der Waals surface area contributed by atoms with Crippen molar-refractivity contribution < 1.29 is 8.42 Å². The molecule has 0 amide bonds. The summed E-state index contributed by atoms with van der Waals surface area (Å²) in [5.74, 6) is 0.315. The van der Waals surface area contributed by atoms with Crippen LogP contribution >= 0.6 is 24.0 Å². The summed E-state index contributed by atoms with van der Waals surface area (Å²) in [6, 6.07) is 5.18. The number of hydrogen-bond acceptors (Lipinski definition) is 3. The van der Waals surface area contributed by atoms with E-state index in [0.29, 0.717) is 5.92 Å². The lowest BCUT2D eigenvalue weighted by molar-refractivity contribution is 0.374. The van der Waals surface area contributed by atoms with Gasteiger partial charge in [-0.15, -0.1) is 12.4 Å². The number of benzene rings is 1. The quantitative estimate of drug-likeness (QED) is 0.778. The second kappa shape index (κ2) is 7.49. The lowest BCUT2D eigenvalue weighted by Crippen LogP contribution is -2.53. The summed E-state index contributed by atoms with van der Waals surface area (Å²) < 4.78 is 28.1. The van der Waals surface area contributed by atoms with Crippen LogP contribution in [-0.2, 0) is 16.4 Å². The average Bonchev–Trinajstić information content (AvgIpc) is 3.25. The maximum atomic E-state index is 12.7. The highest BCUT2D eigenvalue weighted by atomic mass is 35.5. The zero-order valence-corrected chi connectivity index (χ0v) is 15.3. The first-order valence-electron chi connectivity index (χ1n) is 7.35. The Hall–Kier alpha value is -0.330. The molecule has 1 unspecified atom stereocenters. The van der Waals surface area contributed by atoms with Crippen molar-refractivity contribution in [1.29, 1.82) is 0 Å². The van der Waals surface area contributed by atoms with Gasteiger partial charge in [0.2, 0.25) is 10.0 Å². The van der Waals surface area contributed by atoms with Crippen LogP contribution < -0.4 is 10.5 Å². The molecule has 126 valence electrons. The largest absolute Gasteiger partial charge is 0.329 e. The number of sulfonamides is 1. The van der Waals surface area contributed by atoms with E-state index in [9.17, 15) is 8.42 Å². The van der Waals surface area contributed by atoms with E-state index in [1.165, 1.54) is 0 Å². The van der Waals surface area contributed by atoms with Gasteiger partial charge in [-0.3, -0.25) is 0 Å². The highest BCUT2D eigenvalue weighted by Crippen LogP contribution is 2.40. The van der Waals surface area contributed by atoms with E-state index in [0.717, 1.165) is 31.2 Å². The van der Waals surface area contributed by atoms with Crippen LogP contribution in [0.25, 0.3) is 0 Å². The molecule has 2 rings (SSSR count). The van der Waals surface area contributed by atoms with Crippen LogP contribution in [-0.4, -0.2) is 20.5 Å². The predicted molar refractivity (Wildman–Crippen MR) is 93.2 cm³/mol. The molecule has 1 aliphatic carbocycles. The van der Waals surface area contributed by atoms with Gasteiger partial charge in [-0.2, -0.15) is 0 Å². The fourth-order valence-electron chi connectivity index (χ4n) is 2.57. The molecule has 0 aromatic heterocycles. The maximum absolute atomic E-state index is 12.7. The fraction of sp³-hybridized carbons (Fsp3) is 0.600. The van der Waals surface area contributed by atoms with E-state index in [2.05, 4.69) is 11.6 Å². The normalized spacial score (nSPS) is 17.6. The van der Waals surface area contributed by atoms with Gasteiger partial charge in [0.15, 0.2) is 0 Å². The Kier molecular flexibility index (Phi) is 6.72. The Morgan fingerprint density at radius 3 is 2.55 bits per heavy atom. The number of nitrogens with two attached hydrogens (primary N) is 1. The second-order valence-corrected chi connectivity index (χ2v) is 8.07. The minimum Gasteiger partial charge on any atom is -0.329 e. The minimum absolute atomic E-state index is 0. The molecule has 1 atom stereocenters. The fourth-order valence-corrected chi connectivity index (χ4v) is 4.60. The summed E-state index contributed by atoms with van der Waals surface area (Å²) in [6.07, 6.45) is 3.81. The van der Waals surface area contributed by atoms with Gasteiger partial charge in [-0.25, -0.2) is 13.1 Å². The van der Waals surface area contributed by atoms with Gasteiger partial charge in [0, 0.05) is 12.1 Å². The van der Waals surface area contributed by atoms with Gasteiger partial charge in [-0.05, 0) is 49.8 Å². The first kappa shape index (κ1) is 19.7. The standard InChI is InChI=1S/C15H23ClN2O2S.ClH/c1-3-4-11-5-8-13(16)14(9-11)21(19,20)18-15(2,10-17)12-6-7-12;/h5,8-9,12,18H,3-4,6-7,10,17H2,1-2H3;1H. The molecule has 1 aromatic carbocycles. The number of halogens is 2. The van der Waals surface area contributed by atoms with E-state index in [4.69, 9.17) is 17.3 Å². The Morgan fingerprint density at radius 1 is 1.41 bits per heavy atom. The zero-order chi connectivity index (χ0) is 15.7. The zero-order valence-electron chi connectivity index (χ0n) is 12.9. The van der Waals surface area contributed by atoms with Crippen molar-refractivity contribution >= 4 is 34.0 Å². The topological polar surface area (TPSA) is 72.2 Å². The smallest absolute Gasteiger partial charge is 0.242 e. The Balaban J connectivity index is 0.00000242. The van der Waals surface area contributed by atoms with E-state index in [-0.39, 0.29) is 28.9 Å². The SMILES string of the molecule is CCCc1ccc(Cl)c(S(=O)(=O)NC(C)(CN)C2CC2)c1.Cl. The summed E-state index contributed by atoms with van der Waals surface area (Å²) in [4.78, 5) is 0.149. The van der Waals surface area contributed by atoms with E-state index in [1.807, 2.05) is 13.0 Å². The molecule has 0 spiro atoms. The van der Waals surface area contributed by atoms with Gasteiger partial charge in [0.25, 0.3) is 0 Å². The third kappa shape index (κ3) is 4.36. The molecule has 0 saturated heterocycles. The van der Waals surface area contributed by atoms with Crippen LogP contribution in [0.2, 0.25) is 5.02 Å². The molecular weight excluding hydrogens is 343 g/mol. The molecule has 4 nitrogen and oxygen atoms in total. The number of aryl methyl sites for hydroxylation is 1. The third-order valence-electron chi connectivity index (χ3n) is 4.09. The van der Waals surface area contributed by atoms with Gasteiger partial charge >= 0.3 is 0 Å². The van der Waals surface area contributed by atoms with Crippen LogP contribution in [0.1, 0.15) is 38.7 Å². The molecule has 1 aromatic rings. The Bertz CT molecular complexity index is 618. The van der Waals surface area contributed by atoms with Gasteiger partial charge in [-0.1, -0.05) is 31.0 Å². The first-order chi connectivity index (χ1) is 9.82. The molecule has 1 saturated carbocycles. The van der Waals surface area contributed by atoms with Crippen molar-refractivity contribution in [1.82, 2.24) is 4.72 Å². The van der Waals surface area contributed by atoms with Crippen LogP contribution in [0, 0.1) is 5.92 Å². The maximum Gasteiger partial charge on any atom is 0.242 e. The van der Waals surface area contributed by atoms with E-state index < -0.39 is 15.6 Å². The van der Waals surface area contributed by atoms with Crippen molar-refractivity contribution in [3.63, 3.8) is 0 Å². The molecule has 7 heteroatoms. The molecule has 1 fully saturated rings. The molecule has 0 radical (unpaired) electrons. The van der Waals surface area contributed by atoms with Crippen LogP contribution in [0.5, 0.6) is 0 Å². The molecule has 0 bridgehead atoms. The monoisotopic (exact) mass is 366 g/mol. The molecule has 3 N–H and O–H groups in total. The number of hydrogen-bond donors (Lipinski definition) is 2. The van der Waals surface area contributed by atoms with E-state index in [1.54, 1.807) is 12.1 Å². The second-order valence-electron chi connectivity index (χ2n) is 6.02. The first-order valence-corrected chi connectivity index (χ1v) is 9.21. The summed E-state index contributed by atoms with van der Waals surface area (Å²) >= 11 is 6.10. The molecule has 22 heavy (non-hydrogen) atoms. The summed E-state index contributed by atoms with van der Waals surface area (Å²) in [7, 11) is -3.67. The van der Waals surface area contributed by atoms with Crippen LogP contribution in [0.3, 0.4) is 0 Å². The average molecular weight is 367 g/mol. The predicted octanol–water partition coefficient (Wildman–Crippen LogP) is 3.12. The van der Waals surface area contributed by atoms with Crippen molar-refractivity contribution in [2.75, 3.05) is 6.54 Å². The number of rotatable bonds is 7. The van der Waals surface area contributed by atoms with E-state index >= 15 is 0 Å². The third-order valence-corrected chi connectivity index (χ3v) is 6.19. The van der Waals surface area contributed by atoms with Crippen molar-refractivity contribution in [2.24, 2.45) is 11.7 Å². The summed E-state index contributed by atoms with van der Waals surface area (Å²) in [5.41, 5.74) is 6.17. The Morgan fingerprint density at radius 2 is 2.05 bits per heavy atom. The number of nitrogens with one attached hydrogen (secondary N) is 1. The lowest BCUT2D eigenvalue weighted by Gasteiger charge is -2.29. The highest BCUT2D eigenvalue weighted by Gasteiger charge is 2.43. The minimum atomic E-state index is -3.67. The van der Waals surface area contributed by atoms with Crippen LogP contribution in [0.15, 0.2) is 23.1 Å². The van der Waals surface area contributed by atoms with Gasteiger partial charge in [0.1, 0.15) is 4.90 Å². The summed E-state index contributed by atoms with van der Waals surface area (Å²) in [6.45, 7) is 4.20. The van der Waals surface area contributed by atoms with Crippen LogP contribution in [0.4, 0.5) is 0 Å². The molecular formula is C15H24Cl2N2O2S. The molecule has 1 aliphatic rings. The van der Waals surface area contributed by atoms with Gasteiger partial charge in [0.05, 0.1) is 5.02 Å². The molecule has 0 aliphatic heterocycles. The Labute approximate surface area is 144 Å². The summed E-state index contributed by atoms with van der Waals surface area (Å²) in [5, 5.41) is 0.248. The van der Waals surface area contributed by atoms with Crippen molar-refractivity contribution in [3.05, 3.63) is 28.8 Å². The van der Waals surface area contributed by atoms with Crippen molar-refractivity contribution in [3.8, 4) is 0 Å². The van der Waals surface area contributed by atoms with Crippen molar-refractivity contribution in [2.45, 2.75) is 50.0 Å². The lowest BCUT2D eigenvalue weighted by atomic mass is 9.98. The highest BCUT2D eigenvalue weighted by molar-refractivity contribution is 7.89. The molecule has 0 heterocycles.